The number of amides is 1. The molecule has 5 nitrogen and oxygen atoms in total. The molecule has 0 bridgehead atoms. The molecule has 1 saturated heterocycles. The molecule has 0 atom stereocenters. The van der Waals surface area contributed by atoms with E-state index in [1.807, 2.05) is 18.7 Å². The van der Waals surface area contributed by atoms with Crippen LogP contribution in [0.1, 0.15) is 49.4 Å². The number of carbonyl (C=O) groups is 1. The monoisotopic (exact) mass is 310 g/mol. The maximum atomic E-state index is 12.6. The lowest BCUT2D eigenvalue weighted by Crippen LogP contribution is -2.49. The molecule has 1 aliphatic rings. The van der Waals surface area contributed by atoms with E-state index in [0.717, 1.165) is 39.1 Å². The number of carbonyl (C=O) groups excluding carboxylic acids is 1. The molecule has 0 aliphatic carbocycles. The third kappa shape index (κ3) is 3.92. The van der Waals surface area contributed by atoms with E-state index in [1.165, 1.54) is 6.20 Å². The van der Waals surface area contributed by atoms with Crippen molar-refractivity contribution in [3.8, 4) is 0 Å². The normalized spacial score (nSPS) is 16.5. The molecule has 1 fully saturated rings. The fourth-order valence-corrected chi connectivity index (χ4v) is 2.62. The van der Waals surface area contributed by atoms with E-state index in [4.69, 9.17) is 11.6 Å². The first kappa shape index (κ1) is 16.2. The van der Waals surface area contributed by atoms with Crippen LogP contribution in [0.2, 0.25) is 5.02 Å². The lowest BCUT2D eigenvalue weighted by Gasteiger charge is -2.34. The Labute approximate surface area is 131 Å². The molecule has 2 rings (SSSR count). The minimum absolute atomic E-state index is 0.0829. The van der Waals surface area contributed by atoms with Gasteiger partial charge in [0.15, 0.2) is 5.69 Å². The topological polar surface area (TPSA) is 49.3 Å². The Morgan fingerprint density at radius 2 is 2.00 bits per heavy atom. The Hall–Kier alpha value is -1.20. The van der Waals surface area contributed by atoms with Gasteiger partial charge in [-0.25, -0.2) is 9.97 Å². The molecule has 0 unspecified atom stereocenters. The van der Waals surface area contributed by atoms with Crippen molar-refractivity contribution in [1.29, 1.82) is 0 Å². The highest BCUT2D eigenvalue weighted by molar-refractivity contribution is 6.33. The summed E-state index contributed by atoms with van der Waals surface area (Å²) < 4.78 is 0. The van der Waals surface area contributed by atoms with E-state index in [9.17, 15) is 4.79 Å². The molecule has 116 valence electrons. The van der Waals surface area contributed by atoms with E-state index >= 15 is 0 Å². The summed E-state index contributed by atoms with van der Waals surface area (Å²) in [5.74, 6) is 0.753. The molecular formula is C15H23ClN4O. The molecule has 0 radical (unpaired) electrons. The molecule has 1 amide bonds. The highest BCUT2D eigenvalue weighted by atomic mass is 35.5. The zero-order valence-electron chi connectivity index (χ0n) is 13.0. The maximum absolute atomic E-state index is 12.6. The van der Waals surface area contributed by atoms with Gasteiger partial charge in [0, 0.05) is 32.1 Å². The molecule has 1 aliphatic heterocycles. The lowest BCUT2D eigenvalue weighted by molar-refractivity contribution is 0.0631. The van der Waals surface area contributed by atoms with E-state index in [2.05, 4.69) is 21.8 Å². The van der Waals surface area contributed by atoms with Crippen LogP contribution < -0.4 is 0 Å². The first-order chi connectivity index (χ1) is 10.0. The molecule has 2 heterocycles. The number of piperazine rings is 1. The van der Waals surface area contributed by atoms with E-state index < -0.39 is 0 Å². The average molecular weight is 311 g/mol. The second-order valence-electron chi connectivity index (χ2n) is 5.71. The molecule has 0 aromatic carbocycles. The van der Waals surface area contributed by atoms with Gasteiger partial charge in [-0.15, -0.1) is 0 Å². The van der Waals surface area contributed by atoms with Crippen molar-refractivity contribution >= 4 is 17.5 Å². The van der Waals surface area contributed by atoms with Gasteiger partial charge in [-0.3, -0.25) is 9.69 Å². The van der Waals surface area contributed by atoms with Gasteiger partial charge in [0.1, 0.15) is 5.82 Å². The molecule has 1 aromatic rings. The summed E-state index contributed by atoms with van der Waals surface area (Å²) in [6.07, 6.45) is 2.67. The molecule has 0 saturated carbocycles. The summed E-state index contributed by atoms with van der Waals surface area (Å²) in [5.41, 5.74) is 0.333. The minimum Gasteiger partial charge on any atom is -0.335 e. The molecular weight excluding hydrogens is 288 g/mol. The largest absolute Gasteiger partial charge is 0.335 e. The number of hydrogen-bond acceptors (Lipinski definition) is 4. The first-order valence-corrected chi connectivity index (χ1v) is 7.94. The van der Waals surface area contributed by atoms with Crippen molar-refractivity contribution in [2.45, 2.75) is 33.1 Å². The van der Waals surface area contributed by atoms with Crippen LogP contribution in [0.15, 0.2) is 6.20 Å². The maximum Gasteiger partial charge on any atom is 0.274 e. The van der Waals surface area contributed by atoms with Crippen LogP contribution in [-0.2, 0) is 0 Å². The van der Waals surface area contributed by atoms with Gasteiger partial charge >= 0.3 is 0 Å². The van der Waals surface area contributed by atoms with Gasteiger partial charge in [0.25, 0.3) is 5.91 Å². The van der Waals surface area contributed by atoms with Crippen molar-refractivity contribution in [2.24, 2.45) is 0 Å². The Balaban J connectivity index is 2.08. The SMILES string of the molecule is CCCN1CCN(C(=O)c2nc(C(C)C)ncc2Cl)CC1. The van der Waals surface area contributed by atoms with Gasteiger partial charge in [0.2, 0.25) is 0 Å². The molecule has 0 N–H and O–H groups in total. The third-order valence-corrected chi connectivity index (χ3v) is 3.96. The highest BCUT2D eigenvalue weighted by Gasteiger charge is 2.25. The first-order valence-electron chi connectivity index (χ1n) is 7.57. The van der Waals surface area contributed by atoms with Gasteiger partial charge in [-0.05, 0) is 13.0 Å². The smallest absolute Gasteiger partial charge is 0.274 e. The Morgan fingerprint density at radius 3 is 2.57 bits per heavy atom. The van der Waals surface area contributed by atoms with Crippen molar-refractivity contribution in [3.63, 3.8) is 0 Å². The Kier molecular flexibility index (Phi) is 5.53. The van der Waals surface area contributed by atoms with Gasteiger partial charge in [0.05, 0.1) is 11.2 Å². The van der Waals surface area contributed by atoms with Gasteiger partial charge in [-0.2, -0.15) is 0 Å². The second kappa shape index (κ2) is 7.18. The fraction of sp³-hybridized carbons (Fsp3) is 0.667. The number of rotatable bonds is 4. The van der Waals surface area contributed by atoms with Crippen LogP contribution in [0.4, 0.5) is 0 Å². The second-order valence-corrected chi connectivity index (χ2v) is 6.12. The summed E-state index contributed by atoms with van der Waals surface area (Å²) in [5, 5.41) is 0.334. The predicted octanol–water partition coefficient (Wildman–Crippen LogP) is 2.42. The lowest BCUT2D eigenvalue weighted by atomic mass is 10.2. The van der Waals surface area contributed by atoms with Crippen LogP contribution in [0.5, 0.6) is 0 Å². The zero-order chi connectivity index (χ0) is 15.4. The van der Waals surface area contributed by atoms with E-state index in [-0.39, 0.29) is 11.8 Å². The summed E-state index contributed by atoms with van der Waals surface area (Å²) in [4.78, 5) is 25.3. The third-order valence-electron chi connectivity index (χ3n) is 3.68. The van der Waals surface area contributed by atoms with E-state index in [1.54, 1.807) is 0 Å². The summed E-state index contributed by atoms with van der Waals surface area (Å²) in [6.45, 7) is 10.6. The quantitative estimate of drug-likeness (QED) is 0.857. The molecule has 1 aromatic heterocycles. The molecule has 6 heteroatoms. The van der Waals surface area contributed by atoms with Crippen molar-refractivity contribution < 1.29 is 4.79 Å². The highest BCUT2D eigenvalue weighted by Crippen LogP contribution is 2.18. The van der Waals surface area contributed by atoms with Crippen LogP contribution in [0.3, 0.4) is 0 Å². The number of aromatic nitrogens is 2. The summed E-state index contributed by atoms with van der Waals surface area (Å²) >= 11 is 6.11. The van der Waals surface area contributed by atoms with Crippen LogP contribution in [-0.4, -0.2) is 58.4 Å². The minimum atomic E-state index is -0.0829. The summed E-state index contributed by atoms with van der Waals surface area (Å²) in [7, 11) is 0. The molecule has 21 heavy (non-hydrogen) atoms. The van der Waals surface area contributed by atoms with Crippen molar-refractivity contribution in [2.75, 3.05) is 32.7 Å². The van der Waals surface area contributed by atoms with Crippen LogP contribution in [0, 0.1) is 0 Å². The predicted molar refractivity (Wildman–Crippen MR) is 83.8 cm³/mol. The van der Waals surface area contributed by atoms with Crippen molar-refractivity contribution in [1.82, 2.24) is 19.8 Å². The zero-order valence-corrected chi connectivity index (χ0v) is 13.7. The van der Waals surface area contributed by atoms with E-state index in [0.29, 0.717) is 16.5 Å². The average Bonchev–Trinajstić information content (AvgIpc) is 2.48. The number of halogens is 1. The standard InChI is InChI=1S/C15H23ClN4O/c1-4-5-19-6-8-20(9-7-19)15(21)13-12(16)10-17-14(18-13)11(2)3/h10-11H,4-9H2,1-3H3. The molecule has 0 spiro atoms. The number of nitrogens with zero attached hydrogens (tertiary/aromatic N) is 4. The number of hydrogen-bond donors (Lipinski definition) is 0. The fourth-order valence-electron chi connectivity index (χ4n) is 2.45. The Bertz CT molecular complexity index is 498. The van der Waals surface area contributed by atoms with Gasteiger partial charge in [-0.1, -0.05) is 32.4 Å². The summed E-state index contributed by atoms with van der Waals surface area (Å²) in [6, 6.07) is 0. The van der Waals surface area contributed by atoms with Crippen LogP contribution in [0.25, 0.3) is 0 Å². The van der Waals surface area contributed by atoms with Crippen molar-refractivity contribution in [3.05, 3.63) is 22.7 Å². The van der Waals surface area contributed by atoms with Gasteiger partial charge < -0.3 is 4.90 Å². The Morgan fingerprint density at radius 1 is 1.33 bits per heavy atom. The van der Waals surface area contributed by atoms with Crippen LogP contribution >= 0.6 is 11.6 Å².